The minimum atomic E-state index is -0.217. The number of primary amides is 1. The van der Waals surface area contributed by atoms with Crippen LogP contribution in [0.15, 0.2) is 24.3 Å². The first kappa shape index (κ1) is 17.9. The predicted octanol–water partition coefficient (Wildman–Crippen LogP) is 1.39. The molecule has 2 aliphatic rings. The van der Waals surface area contributed by atoms with E-state index in [1.807, 2.05) is 29.2 Å². The highest BCUT2D eigenvalue weighted by atomic mass is 16.5. The topological polar surface area (TPSA) is 75.9 Å². The monoisotopic (exact) mass is 345 g/mol. The molecule has 2 heterocycles. The van der Waals surface area contributed by atoms with Crippen molar-refractivity contribution < 1.29 is 14.3 Å². The van der Waals surface area contributed by atoms with Crippen molar-refractivity contribution in [1.29, 1.82) is 0 Å². The van der Waals surface area contributed by atoms with Gasteiger partial charge in [0.15, 0.2) is 0 Å². The second-order valence-corrected chi connectivity index (χ2v) is 6.95. The number of benzene rings is 1. The summed E-state index contributed by atoms with van der Waals surface area (Å²) in [6.45, 7) is 2.89. The van der Waals surface area contributed by atoms with E-state index >= 15 is 0 Å². The molecule has 0 aromatic heterocycles. The molecule has 0 radical (unpaired) electrons. The van der Waals surface area contributed by atoms with Gasteiger partial charge in [-0.3, -0.25) is 14.5 Å². The zero-order chi connectivity index (χ0) is 17.8. The number of carbonyl (C=O) groups excluding carboxylic acids is 2. The van der Waals surface area contributed by atoms with E-state index in [0.29, 0.717) is 18.2 Å². The summed E-state index contributed by atoms with van der Waals surface area (Å²) in [6, 6.07) is 7.85. The van der Waals surface area contributed by atoms with E-state index in [4.69, 9.17) is 10.5 Å². The Labute approximate surface area is 148 Å². The Morgan fingerprint density at radius 2 is 1.96 bits per heavy atom. The largest absolute Gasteiger partial charge is 0.380 e. The number of hydrogen-bond acceptors (Lipinski definition) is 4. The van der Waals surface area contributed by atoms with Crippen LogP contribution in [0, 0.1) is 0 Å². The van der Waals surface area contributed by atoms with Gasteiger partial charge in [0.05, 0.1) is 12.6 Å². The molecule has 2 N–H and O–H groups in total. The Balaban J connectivity index is 1.59. The third-order valence-corrected chi connectivity index (χ3v) is 5.33. The van der Waals surface area contributed by atoms with Gasteiger partial charge in [-0.15, -0.1) is 0 Å². The van der Waals surface area contributed by atoms with Gasteiger partial charge in [-0.1, -0.05) is 12.1 Å². The van der Waals surface area contributed by atoms with E-state index in [0.717, 1.165) is 50.9 Å². The van der Waals surface area contributed by atoms with Crippen molar-refractivity contribution in [3.8, 4) is 0 Å². The second-order valence-electron chi connectivity index (χ2n) is 6.95. The lowest BCUT2D eigenvalue weighted by molar-refractivity contribution is -0.123. The fourth-order valence-corrected chi connectivity index (χ4v) is 4.08. The van der Waals surface area contributed by atoms with Gasteiger partial charge >= 0.3 is 0 Å². The highest BCUT2D eigenvalue weighted by molar-refractivity contribution is 5.94. The van der Waals surface area contributed by atoms with Crippen molar-refractivity contribution in [1.82, 2.24) is 9.80 Å². The smallest absolute Gasteiger partial charge is 0.253 e. The molecule has 0 aliphatic carbocycles. The van der Waals surface area contributed by atoms with Gasteiger partial charge in [0.1, 0.15) is 0 Å². The number of hydrogen-bond donors (Lipinski definition) is 1. The molecule has 25 heavy (non-hydrogen) atoms. The molecule has 1 atom stereocenters. The van der Waals surface area contributed by atoms with E-state index in [1.54, 1.807) is 7.11 Å². The van der Waals surface area contributed by atoms with Crippen LogP contribution < -0.4 is 5.73 Å². The second kappa shape index (κ2) is 7.97. The first-order chi connectivity index (χ1) is 12.1. The minimum Gasteiger partial charge on any atom is -0.380 e. The SMILES string of the molecule is COCc1cccc(C(=O)N2CCC(N3CCCC3C(N)=O)CC2)c1. The van der Waals surface area contributed by atoms with Crippen LogP contribution in [0.3, 0.4) is 0 Å². The Morgan fingerprint density at radius 3 is 2.64 bits per heavy atom. The lowest BCUT2D eigenvalue weighted by atomic mass is 10.0. The molecule has 0 bridgehead atoms. The molecule has 136 valence electrons. The third kappa shape index (κ3) is 4.02. The molecular formula is C19H27N3O3. The molecule has 6 heteroatoms. The van der Waals surface area contributed by atoms with E-state index < -0.39 is 0 Å². The zero-order valence-corrected chi connectivity index (χ0v) is 14.8. The van der Waals surface area contributed by atoms with Crippen LogP contribution in [0.1, 0.15) is 41.6 Å². The maximum atomic E-state index is 12.8. The fourth-order valence-electron chi connectivity index (χ4n) is 4.08. The summed E-state index contributed by atoms with van der Waals surface area (Å²) in [5.74, 6) is -0.143. The maximum absolute atomic E-state index is 12.8. The Morgan fingerprint density at radius 1 is 1.20 bits per heavy atom. The lowest BCUT2D eigenvalue weighted by Gasteiger charge is -2.38. The van der Waals surface area contributed by atoms with Crippen LogP contribution in [0.4, 0.5) is 0 Å². The number of carbonyl (C=O) groups is 2. The molecule has 0 saturated carbocycles. The zero-order valence-electron chi connectivity index (χ0n) is 14.8. The molecule has 3 rings (SSSR count). The normalized spacial score (nSPS) is 22.3. The van der Waals surface area contributed by atoms with Crippen molar-refractivity contribution >= 4 is 11.8 Å². The Bertz CT molecular complexity index is 626. The van der Waals surface area contributed by atoms with Gasteiger partial charge < -0.3 is 15.4 Å². The van der Waals surface area contributed by atoms with Crippen LogP contribution in [0.25, 0.3) is 0 Å². The summed E-state index contributed by atoms with van der Waals surface area (Å²) in [6.07, 6.45) is 3.68. The summed E-state index contributed by atoms with van der Waals surface area (Å²) >= 11 is 0. The maximum Gasteiger partial charge on any atom is 0.253 e. The van der Waals surface area contributed by atoms with Crippen LogP contribution >= 0.6 is 0 Å². The standard InChI is InChI=1S/C19H27N3O3/c1-25-13-14-4-2-5-15(12-14)19(24)21-10-7-16(8-11-21)22-9-3-6-17(22)18(20)23/h2,4-5,12,16-17H,3,6-11,13H2,1H3,(H2,20,23). The van der Waals surface area contributed by atoms with Crippen molar-refractivity contribution in [2.45, 2.75) is 44.4 Å². The number of methoxy groups -OCH3 is 1. The first-order valence-corrected chi connectivity index (χ1v) is 9.02. The molecule has 1 unspecified atom stereocenters. The van der Waals surface area contributed by atoms with E-state index in [1.165, 1.54) is 0 Å². The molecule has 2 saturated heterocycles. The van der Waals surface area contributed by atoms with Crippen molar-refractivity contribution in [2.24, 2.45) is 5.73 Å². The summed E-state index contributed by atoms with van der Waals surface area (Å²) < 4.78 is 5.14. The van der Waals surface area contributed by atoms with Crippen molar-refractivity contribution in [3.05, 3.63) is 35.4 Å². The summed E-state index contributed by atoms with van der Waals surface area (Å²) in [5.41, 5.74) is 7.25. The molecule has 1 aromatic rings. The van der Waals surface area contributed by atoms with Crippen molar-refractivity contribution in [2.75, 3.05) is 26.7 Å². The first-order valence-electron chi connectivity index (χ1n) is 9.02. The average molecular weight is 345 g/mol. The Kier molecular flexibility index (Phi) is 5.71. The molecule has 0 spiro atoms. The van der Waals surface area contributed by atoms with Gasteiger partial charge in [-0.25, -0.2) is 0 Å². The summed E-state index contributed by atoms with van der Waals surface area (Å²) in [5, 5.41) is 0. The number of likely N-dealkylation sites (tertiary alicyclic amines) is 2. The van der Waals surface area contributed by atoms with Crippen LogP contribution in [0.5, 0.6) is 0 Å². The highest BCUT2D eigenvalue weighted by Gasteiger charge is 2.36. The Hall–Kier alpha value is -1.92. The number of piperidine rings is 1. The quantitative estimate of drug-likeness (QED) is 0.875. The van der Waals surface area contributed by atoms with Crippen molar-refractivity contribution in [3.63, 3.8) is 0 Å². The van der Waals surface area contributed by atoms with Crippen LogP contribution in [-0.2, 0) is 16.1 Å². The summed E-state index contributed by atoms with van der Waals surface area (Å²) in [7, 11) is 1.65. The molecule has 1 aromatic carbocycles. The number of nitrogens with two attached hydrogens (primary N) is 1. The van der Waals surface area contributed by atoms with E-state index in [9.17, 15) is 9.59 Å². The average Bonchev–Trinajstić information content (AvgIpc) is 3.12. The van der Waals surface area contributed by atoms with Gasteiger partial charge in [-0.2, -0.15) is 0 Å². The molecule has 6 nitrogen and oxygen atoms in total. The molecular weight excluding hydrogens is 318 g/mol. The van der Waals surface area contributed by atoms with Gasteiger partial charge in [0.2, 0.25) is 5.91 Å². The molecule has 2 aliphatic heterocycles. The highest BCUT2D eigenvalue weighted by Crippen LogP contribution is 2.26. The minimum absolute atomic E-state index is 0.0734. The summed E-state index contributed by atoms with van der Waals surface area (Å²) in [4.78, 5) is 28.5. The van der Waals surface area contributed by atoms with Gasteiger partial charge in [0, 0.05) is 31.8 Å². The van der Waals surface area contributed by atoms with Gasteiger partial charge in [0.25, 0.3) is 5.91 Å². The number of amides is 2. The van der Waals surface area contributed by atoms with Gasteiger partial charge in [-0.05, 0) is 49.9 Å². The predicted molar refractivity (Wildman–Crippen MR) is 95.0 cm³/mol. The third-order valence-electron chi connectivity index (χ3n) is 5.33. The number of ether oxygens (including phenoxy) is 1. The van der Waals surface area contributed by atoms with Crippen LogP contribution in [-0.4, -0.2) is 60.4 Å². The number of nitrogens with zero attached hydrogens (tertiary/aromatic N) is 2. The van der Waals surface area contributed by atoms with Crippen LogP contribution in [0.2, 0.25) is 0 Å². The molecule has 2 fully saturated rings. The fraction of sp³-hybridized carbons (Fsp3) is 0.579. The number of rotatable bonds is 5. The van der Waals surface area contributed by atoms with E-state index in [-0.39, 0.29) is 17.9 Å². The molecule has 2 amide bonds. The van der Waals surface area contributed by atoms with E-state index in [2.05, 4.69) is 4.90 Å². The lowest BCUT2D eigenvalue weighted by Crippen LogP contribution is -2.51.